The van der Waals surface area contributed by atoms with Gasteiger partial charge in [-0.15, -0.1) is 21.5 Å². The predicted molar refractivity (Wildman–Crippen MR) is 79.6 cm³/mol. The normalized spacial score (nSPS) is 23.4. The molecule has 1 saturated heterocycles. The fourth-order valence-corrected chi connectivity index (χ4v) is 3.67. The van der Waals surface area contributed by atoms with Gasteiger partial charge in [-0.05, 0) is 31.4 Å². The number of rotatable bonds is 3. The number of aromatic nitrogens is 2. The number of hydrogen-bond donors (Lipinski definition) is 1. The van der Waals surface area contributed by atoms with Gasteiger partial charge in [-0.3, -0.25) is 4.90 Å². The van der Waals surface area contributed by atoms with E-state index in [9.17, 15) is 5.11 Å². The molecular formula is C15H19N3OS. The number of likely N-dealkylation sites (tertiary alicyclic amines) is 1. The molecule has 0 bridgehead atoms. The minimum absolute atomic E-state index is 0.663. The zero-order valence-corrected chi connectivity index (χ0v) is 12.7. The first-order valence-electron chi connectivity index (χ1n) is 6.87. The van der Waals surface area contributed by atoms with E-state index in [4.69, 9.17) is 0 Å². The van der Waals surface area contributed by atoms with Crippen LogP contribution in [0.15, 0.2) is 24.3 Å². The molecule has 0 radical (unpaired) electrons. The Morgan fingerprint density at radius 2 is 2.10 bits per heavy atom. The highest BCUT2D eigenvalue weighted by Crippen LogP contribution is 2.34. The third kappa shape index (κ3) is 2.61. The second kappa shape index (κ2) is 5.24. The summed E-state index contributed by atoms with van der Waals surface area (Å²) in [6, 6.07) is 8.11. The Hall–Kier alpha value is -1.30. The summed E-state index contributed by atoms with van der Waals surface area (Å²) in [4.78, 5) is 2.26. The largest absolute Gasteiger partial charge is 0.384 e. The second-order valence-corrected chi connectivity index (χ2v) is 6.79. The Balaban J connectivity index is 1.74. The van der Waals surface area contributed by atoms with Gasteiger partial charge in [-0.1, -0.05) is 24.3 Å². The molecule has 1 aliphatic rings. The van der Waals surface area contributed by atoms with Crippen molar-refractivity contribution in [2.24, 2.45) is 0 Å². The van der Waals surface area contributed by atoms with Crippen LogP contribution in [-0.4, -0.2) is 33.3 Å². The molecule has 3 rings (SSSR count). The smallest absolute Gasteiger partial charge is 0.131 e. The van der Waals surface area contributed by atoms with Crippen LogP contribution in [0.4, 0.5) is 0 Å². The summed E-state index contributed by atoms with van der Waals surface area (Å²) in [7, 11) is 0. The van der Waals surface area contributed by atoms with Gasteiger partial charge in [0, 0.05) is 13.1 Å². The maximum atomic E-state index is 10.9. The van der Waals surface area contributed by atoms with Gasteiger partial charge in [0.25, 0.3) is 0 Å². The lowest BCUT2D eigenvalue weighted by molar-refractivity contribution is 0.0446. The van der Waals surface area contributed by atoms with Crippen LogP contribution in [0.5, 0.6) is 0 Å². The number of hydrogen-bond acceptors (Lipinski definition) is 5. The number of β-amino-alcohol motifs (C(OH)–C–C–N with tert-alkyl or cyclic N) is 1. The average Bonchev–Trinajstić information content (AvgIpc) is 2.98. The number of nitrogens with zero attached hydrogens (tertiary/aromatic N) is 3. The standard InChI is InChI=1S/C15H19N3OS/c1-11-5-3-4-6-13(11)15(19)7-8-18(10-15)9-14-17-16-12(2)20-14/h3-6,19H,7-10H2,1-2H3/t15-/m0/s1. The summed E-state index contributed by atoms with van der Waals surface area (Å²) < 4.78 is 0. The molecular weight excluding hydrogens is 270 g/mol. The SMILES string of the molecule is Cc1nnc(CN2CC[C@@](O)(c3ccccc3C)C2)s1. The molecule has 0 aliphatic carbocycles. The third-order valence-electron chi connectivity index (χ3n) is 3.90. The van der Waals surface area contributed by atoms with E-state index < -0.39 is 5.60 Å². The minimum atomic E-state index is -0.731. The van der Waals surface area contributed by atoms with Crippen molar-refractivity contribution in [3.05, 3.63) is 45.4 Å². The lowest BCUT2D eigenvalue weighted by Gasteiger charge is -2.25. The third-order valence-corrected chi connectivity index (χ3v) is 4.72. The van der Waals surface area contributed by atoms with Gasteiger partial charge in [-0.2, -0.15) is 0 Å². The zero-order chi connectivity index (χ0) is 14.2. The van der Waals surface area contributed by atoms with E-state index in [0.29, 0.717) is 6.54 Å². The van der Waals surface area contributed by atoms with E-state index in [1.807, 2.05) is 25.1 Å². The molecule has 4 nitrogen and oxygen atoms in total. The summed E-state index contributed by atoms with van der Waals surface area (Å²) in [6.45, 7) is 6.36. The molecule has 1 atom stereocenters. The molecule has 20 heavy (non-hydrogen) atoms. The van der Waals surface area contributed by atoms with Crippen molar-refractivity contribution in [2.45, 2.75) is 32.4 Å². The molecule has 106 valence electrons. The Morgan fingerprint density at radius 1 is 1.30 bits per heavy atom. The highest BCUT2D eigenvalue weighted by atomic mass is 32.1. The number of benzene rings is 1. The fourth-order valence-electron chi connectivity index (χ4n) is 2.91. The quantitative estimate of drug-likeness (QED) is 0.941. The van der Waals surface area contributed by atoms with Gasteiger partial charge in [0.2, 0.25) is 0 Å². The molecule has 1 aromatic carbocycles. The van der Waals surface area contributed by atoms with Crippen LogP contribution in [0.25, 0.3) is 0 Å². The second-order valence-electron chi connectivity index (χ2n) is 5.52. The maximum Gasteiger partial charge on any atom is 0.131 e. The first-order valence-corrected chi connectivity index (χ1v) is 7.68. The molecule has 1 fully saturated rings. The molecule has 5 heteroatoms. The van der Waals surface area contributed by atoms with E-state index in [1.54, 1.807) is 11.3 Å². The maximum absolute atomic E-state index is 10.9. The Morgan fingerprint density at radius 3 is 2.80 bits per heavy atom. The van der Waals surface area contributed by atoms with E-state index in [1.165, 1.54) is 0 Å². The van der Waals surface area contributed by atoms with Crippen molar-refractivity contribution in [2.75, 3.05) is 13.1 Å². The van der Waals surface area contributed by atoms with Crippen LogP contribution >= 0.6 is 11.3 Å². The fraction of sp³-hybridized carbons (Fsp3) is 0.467. The highest BCUT2D eigenvalue weighted by molar-refractivity contribution is 7.11. The Labute approximate surface area is 123 Å². The van der Waals surface area contributed by atoms with Gasteiger partial charge >= 0.3 is 0 Å². The van der Waals surface area contributed by atoms with Crippen LogP contribution in [0, 0.1) is 13.8 Å². The van der Waals surface area contributed by atoms with E-state index in [-0.39, 0.29) is 0 Å². The first-order chi connectivity index (χ1) is 9.57. The highest BCUT2D eigenvalue weighted by Gasteiger charge is 2.38. The molecule has 1 aliphatic heterocycles. The summed E-state index contributed by atoms with van der Waals surface area (Å²) in [6.07, 6.45) is 0.773. The van der Waals surface area contributed by atoms with Gasteiger partial charge in [-0.25, -0.2) is 0 Å². The Bertz CT molecular complexity index is 613. The molecule has 0 amide bonds. The summed E-state index contributed by atoms with van der Waals surface area (Å²) >= 11 is 1.63. The monoisotopic (exact) mass is 289 g/mol. The van der Waals surface area contributed by atoms with Gasteiger partial charge < -0.3 is 5.11 Å². The van der Waals surface area contributed by atoms with Gasteiger partial charge in [0.05, 0.1) is 6.54 Å². The molecule has 0 spiro atoms. The lowest BCUT2D eigenvalue weighted by Crippen LogP contribution is -2.31. The van der Waals surface area contributed by atoms with Crippen molar-refractivity contribution in [1.29, 1.82) is 0 Å². The average molecular weight is 289 g/mol. The number of aliphatic hydroxyl groups is 1. The van der Waals surface area contributed by atoms with Crippen LogP contribution in [0.2, 0.25) is 0 Å². The van der Waals surface area contributed by atoms with Crippen molar-refractivity contribution < 1.29 is 5.11 Å². The van der Waals surface area contributed by atoms with Crippen LogP contribution in [-0.2, 0) is 12.1 Å². The summed E-state index contributed by atoms with van der Waals surface area (Å²) in [5.74, 6) is 0. The Kier molecular flexibility index (Phi) is 3.58. The molecule has 1 aromatic heterocycles. The molecule has 2 heterocycles. The first kappa shape index (κ1) is 13.7. The molecule has 0 unspecified atom stereocenters. The topological polar surface area (TPSA) is 49.2 Å². The van der Waals surface area contributed by atoms with Crippen molar-refractivity contribution >= 4 is 11.3 Å². The van der Waals surface area contributed by atoms with Crippen molar-refractivity contribution in [1.82, 2.24) is 15.1 Å². The number of aryl methyl sites for hydroxylation is 2. The predicted octanol–water partition coefficient (Wildman–Crippen LogP) is 2.25. The van der Waals surface area contributed by atoms with E-state index in [0.717, 1.165) is 40.7 Å². The zero-order valence-electron chi connectivity index (χ0n) is 11.8. The molecule has 0 saturated carbocycles. The van der Waals surface area contributed by atoms with Crippen LogP contribution in [0.3, 0.4) is 0 Å². The molecule has 2 aromatic rings. The summed E-state index contributed by atoms with van der Waals surface area (Å²) in [5, 5.41) is 21.2. The summed E-state index contributed by atoms with van der Waals surface area (Å²) in [5.41, 5.74) is 1.48. The van der Waals surface area contributed by atoms with Gasteiger partial charge in [0.1, 0.15) is 15.6 Å². The minimum Gasteiger partial charge on any atom is -0.384 e. The van der Waals surface area contributed by atoms with Crippen molar-refractivity contribution in [3.63, 3.8) is 0 Å². The van der Waals surface area contributed by atoms with E-state index in [2.05, 4.69) is 28.1 Å². The van der Waals surface area contributed by atoms with Crippen LogP contribution in [0.1, 0.15) is 27.6 Å². The van der Waals surface area contributed by atoms with Gasteiger partial charge in [0.15, 0.2) is 0 Å². The van der Waals surface area contributed by atoms with Crippen LogP contribution < -0.4 is 0 Å². The lowest BCUT2D eigenvalue weighted by atomic mass is 9.89. The molecule has 1 N–H and O–H groups in total. The van der Waals surface area contributed by atoms with E-state index >= 15 is 0 Å². The van der Waals surface area contributed by atoms with Crippen molar-refractivity contribution in [3.8, 4) is 0 Å².